The molecule has 0 saturated heterocycles. The fourth-order valence-electron chi connectivity index (χ4n) is 6.83. The van der Waals surface area contributed by atoms with E-state index >= 15 is 0 Å². The van der Waals surface area contributed by atoms with Gasteiger partial charge in [-0.05, 0) is 90.7 Å². The molecule has 0 N–H and O–H groups in total. The fourth-order valence-corrected chi connectivity index (χ4v) is 10.0. The van der Waals surface area contributed by atoms with Crippen LogP contribution < -0.4 is 10.4 Å². The first-order valence-corrected chi connectivity index (χ1v) is 24.4. The highest BCUT2D eigenvalue weighted by atomic mass is 28.3. The first-order chi connectivity index (χ1) is 22.3. The van der Waals surface area contributed by atoms with E-state index in [9.17, 15) is 0 Å². The van der Waals surface area contributed by atoms with Gasteiger partial charge >= 0.3 is 0 Å². The number of hydrogen-bond acceptors (Lipinski definition) is 0. The molecule has 48 heavy (non-hydrogen) atoms. The molecule has 0 spiro atoms. The van der Waals surface area contributed by atoms with E-state index in [1.165, 1.54) is 53.8 Å². The Morgan fingerprint density at radius 2 is 0.708 bits per heavy atom. The lowest BCUT2D eigenvalue weighted by Gasteiger charge is -2.26. The molecule has 0 unspecified atom stereocenters. The van der Waals surface area contributed by atoms with Gasteiger partial charge in [0.15, 0.2) is 0 Å². The summed E-state index contributed by atoms with van der Waals surface area (Å²) >= 11 is 0. The molecule has 0 atom stereocenters. The standard InChI is InChI=1S/C46H50Si2/c1-45(2,3)35-21-15-31(16-22-35)13-19-33-29-41(47(7,8)9)39-27-28-40-42(48(10,11)12)30-34(38-26-25-37(33)43(39)44(38)40)20-14-32-17-23-36(24-18-32)46(4,5)6/h15-18,21-30H,1-12H3. The lowest BCUT2D eigenvalue weighted by molar-refractivity contribution is 0.590. The van der Waals surface area contributed by atoms with E-state index in [0.717, 1.165) is 22.3 Å². The zero-order valence-corrected chi connectivity index (χ0v) is 33.1. The third kappa shape index (κ3) is 6.50. The molecule has 0 amide bonds. The van der Waals surface area contributed by atoms with Gasteiger partial charge in [-0.1, -0.05) is 163 Å². The van der Waals surface area contributed by atoms with E-state index < -0.39 is 16.1 Å². The minimum atomic E-state index is -1.72. The Morgan fingerprint density at radius 3 is 1.00 bits per heavy atom. The molecule has 6 aromatic carbocycles. The van der Waals surface area contributed by atoms with Gasteiger partial charge in [0.2, 0.25) is 0 Å². The van der Waals surface area contributed by atoms with Gasteiger partial charge in [0.1, 0.15) is 0 Å². The predicted octanol–water partition coefficient (Wildman–Crippen LogP) is 11.1. The van der Waals surface area contributed by atoms with Crippen molar-refractivity contribution in [3.63, 3.8) is 0 Å². The van der Waals surface area contributed by atoms with Crippen molar-refractivity contribution in [3.8, 4) is 23.7 Å². The summed E-state index contributed by atoms with van der Waals surface area (Å²) in [7, 11) is -3.44. The third-order valence-electron chi connectivity index (χ3n) is 9.70. The zero-order valence-electron chi connectivity index (χ0n) is 31.1. The average molecular weight is 659 g/mol. The van der Waals surface area contributed by atoms with E-state index in [1.807, 2.05) is 0 Å². The van der Waals surface area contributed by atoms with Crippen molar-refractivity contribution in [2.75, 3.05) is 0 Å². The maximum Gasteiger partial charge on any atom is 0.0784 e. The number of benzene rings is 6. The molecule has 0 fully saturated rings. The first-order valence-electron chi connectivity index (χ1n) is 17.4. The second kappa shape index (κ2) is 11.8. The fraction of sp³-hybridized carbons (Fsp3) is 0.304. The summed E-state index contributed by atoms with van der Waals surface area (Å²) in [5.74, 6) is 14.4. The van der Waals surface area contributed by atoms with Gasteiger partial charge in [-0.15, -0.1) is 0 Å². The van der Waals surface area contributed by atoms with Crippen LogP contribution in [0.4, 0.5) is 0 Å². The molecule has 0 aliphatic carbocycles. The number of rotatable bonds is 2. The van der Waals surface area contributed by atoms with Crippen molar-refractivity contribution in [2.45, 2.75) is 91.7 Å². The lowest BCUT2D eigenvalue weighted by atomic mass is 9.86. The Labute approximate surface area is 291 Å². The van der Waals surface area contributed by atoms with Crippen LogP contribution in [-0.4, -0.2) is 16.1 Å². The molecule has 0 radical (unpaired) electrons. The summed E-state index contributed by atoms with van der Waals surface area (Å²) < 4.78 is 0. The van der Waals surface area contributed by atoms with Crippen molar-refractivity contribution in [2.24, 2.45) is 0 Å². The van der Waals surface area contributed by atoms with Crippen LogP contribution in [0.2, 0.25) is 39.3 Å². The number of hydrogen-bond donors (Lipinski definition) is 0. The molecule has 6 rings (SSSR count). The summed E-state index contributed by atoms with van der Waals surface area (Å²) in [5.41, 5.74) is 7.26. The monoisotopic (exact) mass is 658 g/mol. The van der Waals surface area contributed by atoms with Gasteiger partial charge in [-0.3, -0.25) is 0 Å². The molecule has 242 valence electrons. The zero-order chi connectivity index (χ0) is 34.8. The molecule has 6 aromatic rings. The van der Waals surface area contributed by atoms with E-state index in [1.54, 1.807) is 0 Å². The Kier molecular flexibility index (Phi) is 8.31. The molecule has 0 saturated carbocycles. The second-order valence-corrected chi connectivity index (χ2v) is 27.7. The van der Waals surface area contributed by atoms with Crippen molar-refractivity contribution >= 4 is 58.8 Å². The van der Waals surface area contributed by atoms with Crippen LogP contribution in [0.3, 0.4) is 0 Å². The molecule has 0 aliphatic heterocycles. The van der Waals surface area contributed by atoms with E-state index in [2.05, 4.69) is 189 Å². The molecule has 0 nitrogen and oxygen atoms in total. The minimum Gasteiger partial charge on any atom is -0.0656 e. The summed E-state index contributed by atoms with van der Waals surface area (Å²) in [6, 6.07) is 31.8. The smallest absolute Gasteiger partial charge is 0.0656 e. The summed E-state index contributed by atoms with van der Waals surface area (Å²) in [6.45, 7) is 28.3. The van der Waals surface area contributed by atoms with Gasteiger partial charge < -0.3 is 0 Å². The average Bonchev–Trinajstić information content (AvgIpc) is 3.00. The van der Waals surface area contributed by atoms with Crippen LogP contribution >= 0.6 is 0 Å². The van der Waals surface area contributed by atoms with Crippen LogP contribution in [0.1, 0.15) is 74.9 Å². The maximum atomic E-state index is 3.66. The Bertz CT molecular complexity index is 2120. The minimum absolute atomic E-state index is 0.124. The van der Waals surface area contributed by atoms with E-state index in [4.69, 9.17) is 0 Å². The van der Waals surface area contributed by atoms with Gasteiger partial charge in [0.05, 0.1) is 16.1 Å². The van der Waals surface area contributed by atoms with E-state index in [0.29, 0.717) is 0 Å². The Balaban J connectivity index is 1.62. The van der Waals surface area contributed by atoms with Crippen LogP contribution in [-0.2, 0) is 10.8 Å². The van der Waals surface area contributed by atoms with Crippen molar-refractivity contribution in [3.05, 3.63) is 118 Å². The van der Waals surface area contributed by atoms with Gasteiger partial charge in [-0.25, -0.2) is 0 Å². The molecule has 0 aliphatic rings. The first kappa shape index (κ1) is 33.8. The van der Waals surface area contributed by atoms with Gasteiger partial charge in [-0.2, -0.15) is 0 Å². The molecule has 2 heteroatoms. The summed E-state index contributed by atoms with van der Waals surface area (Å²) in [5, 5.41) is 10.9. The van der Waals surface area contributed by atoms with Crippen LogP contribution in [0.5, 0.6) is 0 Å². The molecular weight excluding hydrogens is 609 g/mol. The Morgan fingerprint density at radius 1 is 0.396 bits per heavy atom. The summed E-state index contributed by atoms with van der Waals surface area (Å²) in [4.78, 5) is 0. The maximum absolute atomic E-state index is 3.66. The molecular formula is C46H50Si2. The Hall–Kier alpha value is -4.09. The van der Waals surface area contributed by atoms with Crippen LogP contribution in [0.15, 0.2) is 84.9 Å². The van der Waals surface area contributed by atoms with Crippen LogP contribution in [0, 0.1) is 23.7 Å². The molecule has 0 heterocycles. The lowest BCUT2D eigenvalue weighted by Crippen LogP contribution is -2.39. The van der Waals surface area contributed by atoms with Crippen molar-refractivity contribution in [1.82, 2.24) is 0 Å². The quantitative estimate of drug-likeness (QED) is 0.0987. The third-order valence-corrected chi connectivity index (χ3v) is 13.8. The second-order valence-electron chi connectivity index (χ2n) is 17.7. The largest absolute Gasteiger partial charge is 0.0784 e. The van der Waals surface area contributed by atoms with Crippen LogP contribution in [0.25, 0.3) is 32.3 Å². The molecule has 0 aromatic heterocycles. The normalized spacial score (nSPS) is 12.7. The van der Waals surface area contributed by atoms with Crippen molar-refractivity contribution < 1.29 is 0 Å². The highest BCUT2D eigenvalue weighted by molar-refractivity contribution is 6.91. The predicted molar refractivity (Wildman–Crippen MR) is 218 cm³/mol. The molecule has 0 bridgehead atoms. The highest BCUT2D eigenvalue weighted by Gasteiger charge is 2.27. The summed E-state index contributed by atoms with van der Waals surface area (Å²) in [6.07, 6.45) is 0. The van der Waals surface area contributed by atoms with Crippen molar-refractivity contribution in [1.29, 1.82) is 0 Å². The topological polar surface area (TPSA) is 0 Å². The van der Waals surface area contributed by atoms with Gasteiger partial charge in [0.25, 0.3) is 0 Å². The van der Waals surface area contributed by atoms with Gasteiger partial charge in [0, 0.05) is 22.3 Å². The SMILES string of the molecule is CC(C)(C)c1ccc(C#Cc2cc([Si](C)(C)C)c3ccc4c([Si](C)(C)C)cc(C#Cc5ccc(C(C)(C)C)cc5)c5ccc2c3c54)cc1. The highest BCUT2D eigenvalue weighted by Crippen LogP contribution is 2.38. The van der Waals surface area contributed by atoms with E-state index in [-0.39, 0.29) is 10.8 Å².